The van der Waals surface area contributed by atoms with Gasteiger partial charge in [-0.2, -0.15) is 4.68 Å². The number of non-ortho nitro benzene ring substituents is 1. The Balaban J connectivity index is 1.49. The van der Waals surface area contributed by atoms with Gasteiger partial charge in [-0.05, 0) is 54.0 Å². The van der Waals surface area contributed by atoms with Crippen LogP contribution in [0.1, 0.15) is 17.5 Å². The lowest BCUT2D eigenvalue weighted by molar-refractivity contribution is -0.384. The quantitative estimate of drug-likeness (QED) is 0.361. The molecular weight excluding hydrogens is 392 g/mol. The zero-order valence-electron chi connectivity index (χ0n) is 15.7. The summed E-state index contributed by atoms with van der Waals surface area (Å²) in [6, 6.07) is 12.4. The van der Waals surface area contributed by atoms with Crippen molar-refractivity contribution in [2.75, 3.05) is 17.2 Å². The molecule has 10 heteroatoms. The maximum absolute atomic E-state index is 12.9. The van der Waals surface area contributed by atoms with Crippen molar-refractivity contribution in [2.45, 2.75) is 24.9 Å². The van der Waals surface area contributed by atoms with Gasteiger partial charge in [0.1, 0.15) is 0 Å². The molecule has 0 saturated heterocycles. The SMILES string of the molecule is Cc1ccc(-n2nnnc2SCC(=O)N2CCCc3cc([N+](=O)[O-])ccc32)cc1. The highest BCUT2D eigenvalue weighted by molar-refractivity contribution is 7.99. The topological polar surface area (TPSA) is 107 Å². The molecule has 9 nitrogen and oxygen atoms in total. The van der Waals surface area contributed by atoms with Gasteiger partial charge >= 0.3 is 0 Å². The second-order valence-corrected chi connectivity index (χ2v) is 7.66. The van der Waals surface area contributed by atoms with Crippen LogP contribution in [0.2, 0.25) is 0 Å². The fourth-order valence-corrected chi connectivity index (χ4v) is 4.04. The number of carbonyl (C=O) groups is 1. The van der Waals surface area contributed by atoms with Crippen molar-refractivity contribution in [3.63, 3.8) is 0 Å². The van der Waals surface area contributed by atoms with Crippen LogP contribution in [0.3, 0.4) is 0 Å². The average molecular weight is 410 g/mol. The van der Waals surface area contributed by atoms with E-state index in [9.17, 15) is 14.9 Å². The monoisotopic (exact) mass is 410 g/mol. The average Bonchev–Trinajstić information content (AvgIpc) is 3.20. The number of hydrogen-bond acceptors (Lipinski definition) is 7. The first-order valence-electron chi connectivity index (χ1n) is 9.09. The van der Waals surface area contributed by atoms with Crippen LogP contribution in [0.4, 0.5) is 11.4 Å². The number of nitro benzene ring substituents is 1. The number of fused-ring (bicyclic) bond motifs is 1. The zero-order chi connectivity index (χ0) is 20.4. The van der Waals surface area contributed by atoms with Crippen LogP contribution < -0.4 is 4.90 Å². The third kappa shape index (κ3) is 3.97. The summed E-state index contributed by atoms with van der Waals surface area (Å²) in [7, 11) is 0. The molecule has 0 fully saturated rings. The molecule has 0 N–H and O–H groups in total. The minimum Gasteiger partial charge on any atom is -0.311 e. The van der Waals surface area contributed by atoms with Gasteiger partial charge in [-0.25, -0.2) is 0 Å². The number of thioether (sulfide) groups is 1. The van der Waals surface area contributed by atoms with E-state index in [-0.39, 0.29) is 17.3 Å². The number of amides is 1. The van der Waals surface area contributed by atoms with Gasteiger partial charge in [-0.3, -0.25) is 14.9 Å². The van der Waals surface area contributed by atoms with Gasteiger partial charge in [0.2, 0.25) is 11.1 Å². The van der Waals surface area contributed by atoms with Crippen molar-refractivity contribution >= 4 is 29.0 Å². The predicted octanol–water partition coefficient (Wildman–Crippen LogP) is 2.95. The number of aromatic nitrogens is 4. The Bertz CT molecular complexity index is 1070. The lowest BCUT2D eigenvalue weighted by Gasteiger charge is -2.29. The largest absolute Gasteiger partial charge is 0.311 e. The standard InChI is InChI=1S/C19H18N6O3S/c1-13-4-6-15(7-5-13)24-19(20-21-22-24)29-12-18(26)23-10-2-3-14-11-16(25(27)28)8-9-17(14)23/h4-9,11H,2-3,10,12H2,1H3. The first-order chi connectivity index (χ1) is 14.0. The van der Waals surface area contributed by atoms with Gasteiger partial charge in [0.15, 0.2) is 0 Å². The highest BCUT2D eigenvalue weighted by Crippen LogP contribution is 2.31. The Kier molecular flexibility index (Phi) is 5.26. The zero-order valence-corrected chi connectivity index (χ0v) is 16.5. The maximum atomic E-state index is 12.9. The molecule has 1 amide bonds. The van der Waals surface area contributed by atoms with Crippen molar-refractivity contribution in [3.8, 4) is 5.69 Å². The Morgan fingerprint density at radius 2 is 2.03 bits per heavy atom. The van der Waals surface area contributed by atoms with E-state index in [2.05, 4.69) is 15.5 Å². The van der Waals surface area contributed by atoms with E-state index in [1.807, 2.05) is 31.2 Å². The number of anilines is 1. The summed E-state index contributed by atoms with van der Waals surface area (Å²) >= 11 is 1.26. The van der Waals surface area contributed by atoms with E-state index >= 15 is 0 Å². The molecule has 148 valence electrons. The normalized spacial score (nSPS) is 13.2. The number of hydrogen-bond donors (Lipinski definition) is 0. The summed E-state index contributed by atoms with van der Waals surface area (Å²) in [5.74, 6) is 0.0890. The van der Waals surface area contributed by atoms with E-state index in [0.29, 0.717) is 11.7 Å². The predicted molar refractivity (Wildman–Crippen MR) is 108 cm³/mol. The molecular formula is C19H18N6O3S. The van der Waals surface area contributed by atoms with Crippen molar-refractivity contribution in [3.05, 3.63) is 63.7 Å². The lowest BCUT2D eigenvalue weighted by Crippen LogP contribution is -2.36. The summed E-state index contributed by atoms with van der Waals surface area (Å²) in [6.07, 6.45) is 1.49. The number of tetrazole rings is 1. The first-order valence-corrected chi connectivity index (χ1v) is 10.1. The van der Waals surface area contributed by atoms with Crippen LogP contribution >= 0.6 is 11.8 Å². The van der Waals surface area contributed by atoms with Crippen molar-refractivity contribution in [1.82, 2.24) is 20.2 Å². The van der Waals surface area contributed by atoms with Gasteiger partial charge < -0.3 is 4.90 Å². The molecule has 1 aliphatic rings. The van der Waals surface area contributed by atoms with Gasteiger partial charge in [0.05, 0.1) is 16.4 Å². The number of carbonyl (C=O) groups excluding carboxylic acids is 1. The fourth-order valence-electron chi connectivity index (χ4n) is 3.28. The van der Waals surface area contributed by atoms with Crippen LogP contribution in [0, 0.1) is 17.0 Å². The number of aryl methyl sites for hydroxylation is 2. The molecule has 0 spiro atoms. The van der Waals surface area contributed by atoms with E-state index in [1.165, 1.54) is 17.8 Å². The summed E-state index contributed by atoms with van der Waals surface area (Å²) in [5, 5.41) is 23.3. The molecule has 0 radical (unpaired) electrons. The van der Waals surface area contributed by atoms with E-state index in [4.69, 9.17) is 0 Å². The van der Waals surface area contributed by atoms with Gasteiger partial charge in [-0.15, -0.1) is 5.10 Å². The summed E-state index contributed by atoms with van der Waals surface area (Å²) < 4.78 is 1.60. The van der Waals surface area contributed by atoms with Crippen LogP contribution in [-0.2, 0) is 11.2 Å². The highest BCUT2D eigenvalue weighted by Gasteiger charge is 2.25. The molecule has 0 atom stereocenters. The Morgan fingerprint density at radius 1 is 1.24 bits per heavy atom. The van der Waals surface area contributed by atoms with Gasteiger partial charge in [-0.1, -0.05) is 29.5 Å². The van der Waals surface area contributed by atoms with Crippen molar-refractivity contribution in [1.29, 1.82) is 0 Å². The van der Waals surface area contributed by atoms with Crippen LogP contribution in [0.15, 0.2) is 47.6 Å². The van der Waals surface area contributed by atoms with Crippen molar-refractivity contribution < 1.29 is 9.72 Å². The van der Waals surface area contributed by atoms with E-state index in [0.717, 1.165) is 35.3 Å². The molecule has 29 heavy (non-hydrogen) atoms. The smallest absolute Gasteiger partial charge is 0.269 e. The molecule has 2 heterocycles. The molecule has 0 unspecified atom stereocenters. The number of benzene rings is 2. The molecule has 0 aliphatic carbocycles. The first kappa shape index (κ1) is 19.1. The van der Waals surface area contributed by atoms with Gasteiger partial charge in [0, 0.05) is 24.4 Å². The maximum Gasteiger partial charge on any atom is 0.269 e. The molecule has 0 bridgehead atoms. The molecule has 1 aliphatic heterocycles. The third-order valence-electron chi connectivity index (χ3n) is 4.74. The minimum atomic E-state index is -0.415. The van der Waals surface area contributed by atoms with E-state index < -0.39 is 4.92 Å². The number of nitrogens with zero attached hydrogens (tertiary/aromatic N) is 6. The summed E-state index contributed by atoms with van der Waals surface area (Å²) in [6.45, 7) is 2.59. The summed E-state index contributed by atoms with van der Waals surface area (Å²) in [4.78, 5) is 25.1. The number of rotatable bonds is 5. The van der Waals surface area contributed by atoms with E-state index in [1.54, 1.807) is 21.7 Å². The van der Waals surface area contributed by atoms with Crippen LogP contribution in [0.5, 0.6) is 0 Å². The van der Waals surface area contributed by atoms with Gasteiger partial charge in [0.25, 0.3) is 5.69 Å². The van der Waals surface area contributed by atoms with Crippen molar-refractivity contribution in [2.24, 2.45) is 0 Å². The minimum absolute atomic E-state index is 0.0460. The second kappa shape index (κ2) is 8.00. The fraction of sp³-hybridized carbons (Fsp3) is 0.263. The molecule has 4 rings (SSSR count). The molecule has 3 aromatic rings. The molecule has 2 aromatic carbocycles. The van der Waals surface area contributed by atoms with Crippen LogP contribution in [0.25, 0.3) is 5.69 Å². The molecule has 1 aromatic heterocycles. The highest BCUT2D eigenvalue weighted by atomic mass is 32.2. The van der Waals surface area contributed by atoms with Crippen LogP contribution in [-0.4, -0.2) is 43.3 Å². The lowest BCUT2D eigenvalue weighted by atomic mass is 10.0. The third-order valence-corrected chi connectivity index (χ3v) is 5.64. The Hall–Kier alpha value is -3.27. The summed E-state index contributed by atoms with van der Waals surface area (Å²) in [5.41, 5.74) is 3.57. The second-order valence-electron chi connectivity index (χ2n) is 6.72. The number of nitro groups is 1. The Morgan fingerprint density at radius 3 is 2.79 bits per heavy atom. The Labute approximate surface area is 170 Å². The molecule has 0 saturated carbocycles.